The van der Waals surface area contributed by atoms with Crippen LogP contribution in [0.5, 0.6) is 0 Å². The fraction of sp³-hybridized carbons (Fsp3) is 0.879. The molecule has 105 heavy (non-hydrogen) atoms. The largest absolute Gasteiger partial charge is 0.394 e. The molecule has 2 heterocycles. The summed E-state index contributed by atoms with van der Waals surface area (Å²) in [6, 6.07) is -0.934. The number of allylic oxidation sites excluding steroid dienone is 9. The number of carbonyl (C=O) groups is 1. The lowest BCUT2D eigenvalue weighted by Crippen LogP contribution is -2.65. The molecule has 9 N–H and O–H groups in total. The van der Waals surface area contributed by atoms with Gasteiger partial charge in [-0.3, -0.25) is 4.79 Å². The number of aliphatic hydroxyl groups is 8. The van der Waals surface area contributed by atoms with Crippen molar-refractivity contribution in [3.8, 4) is 0 Å². The normalized spacial score (nSPS) is 21.6. The van der Waals surface area contributed by atoms with Gasteiger partial charge in [0.1, 0.15) is 48.8 Å². The summed E-state index contributed by atoms with van der Waals surface area (Å²) in [6.45, 7) is 2.84. The number of hydrogen-bond acceptors (Lipinski definition) is 13. The molecule has 2 aliphatic heterocycles. The third kappa shape index (κ3) is 56.5. The molecule has 0 aromatic carbocycles. The molecule has 2 rings (SSSR count). The first kappa shape index (κ1) is 98.8. The number of rotatable bonds is 77. The van der Waals surface area contributed by atoms with E-state index in [1.54, 1.807) is 6.08 Å². The van der Waals surface area contributed by atoms with Gasteiger partial charge in [-0.25, -0.2) is 0 Å². The SMILES string of the molecule is CCCCCCC/C=C\C/C=C\C/C=C\CCCCCCCCCCCCCCCCCCCCCCCCCCC(=O)NC(COC1OC(CO)C(OC2OC(CO)C(O)C(O)C2O)C(O)C1O)C(O)/C=C/CC/C=C/CCCCCCCCCCCCCCCCCCCCCCCCCCCC. The Morgan fingerprint density at radius 2 is 0.638 bits per heavy atom. The minimum Gasteiger partial charge on any atom is -0.394 e. The van der Waals surface area contributed by atoms with Crippen LogP contribution in [0.4, 0.5) is 0 Å². The number of hydrogen-bond donors (Lipinski definition) is 9. The molecule has 0 bridgehead atoms. The van der Waals surface area contributed by atoms with Crippen molar-refractivity contribution in [2.45, 2.75) is 492 Å². The van der Waals surface area contributed by atoms with E-state index in [0.29, 0.717) is 12.8 Å². The first-order valence-corrected chi connectivity index (χ1v) is 45.0. The fourth-order valence-electron chi connectivity index (χ4n) is 14.9. The van der Waals surface area contributed by atoms with Crippen LogP contribution in [0.1, 0.15) is 418 Å². The Hall–Kier alpha value is -2.31. The lowest BCUT2D eigenvalue weighted by atomic mass is 9.97. The van der Waals surface area contributed by atoms with Gasteiger partial charge in [0, 0.05) is 6.42 Å². The Balaban J connectivity index is 1.57. The van der Waals surface area contributed by atoms with Crippen LogP contribution in [-0.4, -0.2) is 140 Å². The maximum atomic E-state index is 13.4. The second-order valence-corrected chi connectivity index (χ2v) is 31.7. The van der Waals surface area contributed by atoms with Crippen molar-refractivity contribution < 1.29 is 64.6 Å². The maximum absolute atomic E-state index is 13.4. The van der Waals surface area contributed by atoms with Crippen molar-refractivity contribution >= 4 is 5.91 Å². The number of unbranched alkanes of at least 4 members (excludes halogenated alkanes) is 56. The molecule has 0 aliphatic carbocycles. The standard InChI is InChI=1S/C91H169NO13/c1-3-5-7-9-11-13-15-17-19-21-23-25-27-29-31-33-35-37-38-39-40-41-42-43-45-47-49-51-53-55-57-59-61-63-65-67-69-71-73-75-83(96)92-79(78-102-90-88(101)86(99)89(82(77-94)104-90)105-91-87(100)85(98)84(97)81(76-93)103-91)80(95)74-72-70-68-66-64-62-60-58-56-54-52-50-48-46-44-36-34-32-30-28-26-24-22-20-18-16-14-12-10-8-6-4-2/h15,17,21,23,27,29,64,66,72,74,79-82,84-91,93-95,97-101H,3-14,16,18-20,22,24-26,28,30-63,65,67-71,73,75-78H2,1-2H3,(H,92,96)/b17-15-,23-21-,29-27-,66-64+,74-72+. The molecular weight excluding hydrogens is 1310 g/mol. The average Bonchev–Trinajstić information content (AvgIpc) is 0.789. The zero-order valence-electron chi connectivity index (χ0n) is 68.0. The minimum absolute atomic E-state index is 0.241. The van der Waals surface area contributed by atoms with E-state index in [1.165, 1.54) is 340 Å². The molecule has 12 atom stereocenters. The van der Waals surface area contributed by atoms with Crippen molar-refractivity contribution in [1.29, 1.82) is 0 Å². The summed E-state index contributed by atoms with van der Waals surface area (Å²) in [5.74, 6) is -0.241. The van der Waals surface area contributed by atoms with Gasteiger partial charge in [-0.2, -0.15) is 0 Å². The van der Waals surface area contributed by atoms with Crippen LogP contribution in [0.3, 0.4) is 0 Å². The Morgan fingerprint density at radius 1 is 0.343 bits per heavy atom. The third-order valence-corrected chi connectivity index (χ3v) is 21.9. The molecule has 14 heteroatoms. The highest BCUT2D eigenvalue weighted by Crippen LogP contribution is 2.31. The smallest absolute Gasteiger partial charge is 0.220 e. The highest BCUT2D eigenvalue weighted by molar-refractivity contribution is 5.76. The van der Waals surface area contributed by atoms with Gasteiger partial charge in [-0.05, 0) is 70.6 Å². The average molecular weight is 1490 g/mol. The van der Waals surface area contributed by atoms with Crippen LogP contribution < -0.4 is 5.32 Å². The molecule has 0 saturated carbocycles. The number of ether oxygens (including phenoxy) is 4. The van der Waals surface area contributed by atoms with Gasteiger partial charge in [0.2, 0.25) is 5.91 Å². The van der Waals surface area contributed by atoms with Gasteiger partial charge >= 0.3 is 0 Å². The first-order chi connectivity index (χ1) is 51.6. The van der Waals surface area contributed by atoms with E-state index in [4.69, 9.17) is 18.9 Å². The molecule has 0 spiro atoms. The fourth-order valence-corrected chi connectivity index (χ4v) is 14.9. The highest BCUT2D eigenvalue weighted by Gasteiger charge is 2.51. The number of amides is 1. The monoisotopic (exact) mass is 1480 g/mol. The number of aliphatic hydroxyl groups excluding tert-OH is 8. The summed E-state index contributed by atoms with van der Waals surface area (Å²) < 4.78 is 22.9. The van der Waals surface area contributed by atoms with E-state index in [1.807, 2.05) is 6.08 Å². The first-order valence-electron chi connectivity index (χ1n) is 45.0. The van der Waals surface area contributed by atoms with E-state index >= 15 is 0 Å². The summed E-state index contributed by atoms with van der Waals surface area (Å²) in [7, 11) is 0. The van der Waals surface area contributed by atoms with Crippen molar-refractivity contribution in [3.05, 3.63) is 60.8 Å². The van der Waals surface area contributed by atoms with Gasteiger partial charge in [0.15, 0.2) is 12.6 Å². The predicted octanol–water partition coefficient (Wildman–Crippen LogP) is 21.9. The Kier molecular flexibility index (Phi) is 70.0. The molecule has 12 unspecified atom stereocenters. The highest BCUT2D eigenvalue weighted by atomic mass is 16.7. The van der Waals surface area contributed by atoms with Gasteiger partial charge in [-0.1, -0.05) is 402 Å². The summed E-state index contributed by atoms with van der Waals surface area (Å²) in [6.07, 6.45) is 86.3. The van der Waals surface area contributed by atoms with E-state index in [0.717, 1.165) is 44.9 Å². The van der Waals surface area contributed by atoms with E-state index in [-0.39, 0.29) is 18.9 Å². The second kappa shape index (κ2) is 74.4. The molecule has 0 aromatic rings. The van der Waals surface area contributed by atoms with Gasteiger partial charge in [0.25, 0.3) is 0 Å². The van der Waals surface area contributed by atoms with Crippen LogP contribution in [0.25, 0.3) is 0 Å². The van der Waals surface area contributed by atoms with Crippen molar-refractivity contribution in [2.75, 3.05) is 19.8 Å². The number of carbonyl (C=O) groups excluding carboxylic acids is 1. The number of nitrogens with one attached hydrogen (secondary N) is 1. The van der Waals surface area contributed by atoms with Crippen molar-refractivity contribution in [1.82, 2.24) is 5.32 Å². The third-order valence-electron chi connectivity index (χ3n) is 21.9. The molecule has 616 valence electrons. The van der Waals surface area contributed by atoms with Gasteiger partial charge in [-0.15, -0.1) is 0 Å². The Bertz CT molecular complexity index is 2000. The van der Waals surface area contributed by atoms with Crippen LogP contribution >= 0.6 is 0 Å². The molecule has 2 saturated heterocycles. The Morgan fingerprint density at radius 3 is 1.00 bits per heavy atom. The Labute approximate surface area is 645 Å². The molecular formula is C91H169NO13. The van der Waals surface area contributed by atoms with E-state index < -0.39 is 86.8 Å². The van der Waals surface area contributed by atoms with Crippen LogP contribution in [0, 0.1) is 0 Å². The molecule has 1 amide bonds. The van der Waals surface area contributed by atoms with E-state index in [9.17, 15) is 45.6 Å². The lowest BCUT2D eigenvalue weighted by Gasteiger charge is -2.46. The topological polar surface area (TPSA) is 228 Å². The summed E-state index contributed by atoms with van der Waals surface area (Å²) in [5, 5.41) is 87.8. The van der Waals surface area contributed by atoms with Gasteiger partial charge < -0.3 is 65.1 Å². The molecule has 2 aliphatic rings. The minimum atomic E-state index is -1.79. The second-order valence-electron chi connectivity index (χ2n) is 31.7. The summed E-state index contributed by atoms with van der Waals surface area (Å²) in [4.78, 5) is 13.4. The molecule has 0 aromatic heterocycles. The quantitative estimate of drug-likeness (QED) is 0.0204. The lowest BCUT2D eigenvalue weighted by molar-refractivity contribution is -0.359. The van der Waals surface area contributed by atoms with Crippen LogP contribution in [-0.2, 0) is 23.7 Å². The molecule has 0 radical (unpaired) electrons. The summed E-state index contributed by atoms with van der Waals surface area (Å²) in [5.41, 5.74) is 0. The summed E-state index contributed by atoms with van der Waals surface area (Å²) >= 11 is 0. The zero-order chi connectivity index (χ0) is 75.8. The zero-order valence-corrected chi connectivity index (χ0v) is 68.0. The maximum Gasteiger partial charge on any atom is 0.220 e. The van der Waals surface area contributed by atoms with Crippen molar-refractivity contribution in [2.24, 2.45) is 0 Å². The van der Waals surface area contributed by atoms with Crippen molar-refractivity contribution in [3.63, 3.8) is 0 Å². The molecule has 14 nitrogen and oxygen atoms in total. The van der Waals surface area contributed by atoms with Crippen LogP contribution in [0.15, 0.2) is 60.8 Å². The molecule has 2 fully saturated rings. The van der Waals surface area contributed by atoms with Gasteiger partial charge in [0.05, 0.1) is 32.0 Å². The van der Waals surface area contributed by atoms with E-state index in [2.05, 4.69) is 67.8 Å². The van der Waals surface area contributed by atoms with Crippen LogP contribution in [0.2, 0.25) is 0 Å². The predicted molar refractivity (Wildman–Crippen MR) is 438 cm³/mol.